The van der Waals surface area contributed by atoms with Crippen LogP contribution in [-0.4, -0.2) is 9.13 Å². The summed E-state index contributed by atoms with van der Waals surface area (Å²) in [5.74, 6) is 0. The number of rotatable bonds is 4. The summed E-state index contributed by atoms with van der Waals surface area (Å²) in [6.45, 7) is 0. The molecule has 0 saturated carbocycles. The summed E-state index contributed by atoms with van der Waals surface area (Å²) in [7, 11) is 3.59. The van der Waals surface area contributed by atoms with Crippen molar-refractivity contribution in [3.63, 3.8) is 0 Å². The zero-order chi connectivity index (χ0) is 26.2. The fourth-order valence-corrected chi connectivity index (χ4v) is 5.43. The number of benzene rings is 4. The molecule has 2 heterocycles. The second kappa shape index (κ2) is 9.49. The third-order valence-corrected chi connectivity index (χ3v) is 7.15. The van der Waals surface area contributed by atoms with Crippen molar-refractivity contribution < 1.29 is 0 Å². The summed E-state index contributed by atoms with van der Waals surface area (Å²) in [5.41, 5.74) is 6.07. The van der Waals surface area contributed by atoms with Gasteiger partial charge in [-0.2, -0.15) is 0 Å². The topological polar surface area (TPSA) is 44.0 Å². The molecule has 0 bridgehead atoms. The van der Waals surface area contributed by atoms with Crippen LogP contribution in [0.3, 0.4) is 0 Å². The molecule has 0 amide bonds. The summed E-state index contributed by atoms with van der Waals surface area (Å²) in [5, 5.41) is 0.860. The zero-order valence-electron chi connectivity index (χ0n) is 21.3. The van der Waals surface area contributed by atoms with Gasteiger partial charge in [0.25, 0.3) is 11.1 Å². The van der Waals surface area contributed by atoms with Gasteiger partial charge in [0.2, 0.25) is 0 Å². The summed E-state index contributed by atoms with van der Waals surface area (Å²) >= 11 is 0. The highest BCUT2D eigenvalue weighted by atomic mass is 16.1. The second-order valence-corrected chi connectivity index (χ2v) is 9.39. The smallest absolute Gasteiger partial charge is 0.259 e. The highest BCUT2D eigenvalue weighted by molar-refractivity contribution is 6.10. The summed E-state index contributed by atoms with van der Waals surface area (Å²) in [4.78, 5) is 28.7. The fraction of sp³-hybridized carbons (Fsp3) is 0.0588. The van der Waals surface area contributed by atoms with Gasteiger partial charge >= 0.3 is 0 Å². The fourth-order valence-electron chi connectivity index (χ4n) is 5.43. The van der Waals surface area contributed by atoms with E-state index in [1.165, 1.54) is 0 Å². The Balaban J connectivity index is 1.92. The maximum Gasteiger partial charge on any atom is 0.259 e. The van der Waals surface area contributed by atoms with Crippen LogP contribution in [0.5, 0.6) is 0 Å². The van der Waals surface area contributed by atoms with Crippen molar-refractivity contribution >= 4 is 10.8 Å². The van der Waals surface area contributed by atoms with E-state index >= 15 is 0 Å². The number of fused-ring (bicyclic) bond motifs is 1. The molecule has 4 nitrogen and oxygen atoms in total. The van der Waals surface area contributed by atoms with Gasteiger partial charge in [0, 0.05) is 25.2 Å². The molecule has 0 N–H and O–H groups in total. The zero-order valence-corrected chi connectivity index (χ0v) is 21.3. The molecule has 0 aliphatic rings. The largest absolute Gasteiger partial charge is 0.310 e. The van der Waals surface area contributed by atoms with Gasteiger partial charge in [-0.25, -0.2) is 0 Å². The molecule has 184 valence electrons. The van der Waals surface area contributed by atoms with E-state index in [9.17, 15) is 9.59 Å². The molecule has 38 heavy (non-hydrogen) atoms. The normalized spacial score (nSPS) is 11.1. The predicted molar refractivity (Wildman–Crippen MR) is 156 cm³/mol. The molecule has 0 radical (unpaired) electrons. The first-order valence-electron chi connectivity index (χ1n) is 12.6. The minimum absolute atomic E-state index is 0.202. The molecule has 0 fully saturated rings. The average Bonchev–Trinajstić information content (AvgIpc) is 2.98. The van der Waals surface area contributed by atoms with Crippen LogP contribution >= 0.6 is 0 Å². The first-order valence-corrected chi connectivity index (χ1v) is 12.6. The van der Waals surface area contributed by atoms with Gasteiger partial charge < -0.3 is 9.13 Å². The molecule has 2 aromatic heterocycles. The maximum absolute atomic E-state index is 14.4. The van der Waals surface area contributed by atoms with E-state index in [2.05, 4.69) is 0 Å². The molecular formula is C34H26N2O2. The minimum Gasteiger partial charge on any atom is -0.310 e. The maximum atomic E-state index is 14.4. The van der Waals surface area contributed by atoms with Gasteiger partial charge in [-0.15, -0.1) is 0 Å². The van der Waals surface area contributed by atoms with E-state index in [1.54, 1.807) is 23.2 Å². The monoisotopic (exact) mass is 494 g/mol. The predicted octanol–water partition coefficient (Wildman–Crippen LogP) is 6.91. The van der Waals surface area contributed by atoms with Crippen LogP contribution in [0.4, 0.5) is 0 Å². The van der Waals surface area contributed by atoms with E-state index in [4.69, 9.17) is 0 Å². The van der Waals surface area contributed by atoms with Crippen molar-refractivity contribution in [2.24, 2.45) is 14.1 Å². The Hall–Kier alpha value is -4.96. The lowest BCUT2D eigenvalue weighted by atomic mass is 9.89. The molecule has 6 rings (SSSR count). The highest BCUT2D eigenvalue weighted by Gasteiger charge is 2.26. The Morgan fingerprint density at radius 2 is 0.658 bits per heavy atom. The van der Waals surface area contributed by atoms with Gasteiger partial charge in [-0.1, -0.05) is 121 Å². The molecule has 4 aromatic carbocycles. The highest BCUT2D eigenvalue weighted by Crippen LogP contribution is 2.41. The third kappa shape index (κ3) is 3.70. The Morgan fingerprint density at radius 3 is 0.947 bits per heavy atom. The van der Waals surface area contributed by atoms with E-state index < -0.39 is 0 Å². The Bertz CT molecular complexity index is 1750. The lowest BCUT2D eigenvalue weighted by Gasteiger charge is -2.23. The van der Waals surface area contributed by atoms with Crippen LogP contribution in [0.25, 0.3) is 55.5 Å². The van der Waals surface area contributed by atoms with E-state index in [0.29, 0.717) is 10.8 Å². The van der Waals surface area contributed by atoms with Crippen molar-refractivity contribution in [2.75, 3.05) is 0 Å². The van der Waals surface area contributed by atoms with Crippen molar-refractivity contribution in [1.82, 2.24) is 9.13 Å². The molecule has 0 aliphatic carbocycles. The standard InChI is InChI=1S/C34H26N2O2/c1-35-31(25-19-11-5-12-20-25)27(23-15-7-3-8-16-23)30-29(33(35)37)28(24-17-9-4-10-18-24)32(36(2)34(30)38)26-21-13-6-14-22-26/h3-22H,1-2H3. The number of hydrogen-bond acceptors (Lipinski definition) is 2. The van der Waals surface area contributed by atoms with Crippen molar-refractivity contribution in [1.29, 1.82) is 0 Å². The van der Waals surface area contributed by atoms with Gasteiger partial charge in [0.15, 0.2) is 0 Å². The molecule has 0 aliphatic heterocycles. The van der Waals surface area contributed by atoms with Crippen molar-refractivity contribution in [2.45, 2.75) is 0 Å². The Morgan fingerprint density at radius 1 is 0.395 bits per heavy atom. The molecule has 6 aromatic rings. The van der Waals surface area contributed by atoms with E-state index in [1.807, 2.05) is 121 Å². The second-order valence-electron chi connectivity index (χ2n) is 9.39. The summed E-state index contributed by atoms with van der Waals surface area (Å²) in [6.07, 6.45) is 0. The van der Waals surface area contributed by atoms with Crippen LogP contribution in [0.15, 0.2) is 131 Å². The first kappa shape index (κ1) is 23.4. The van der Waals surface area contributed by atoms with Gasteiger partial charge in [-0.05, 0) is 22.3 Å². The van der Waals surface area contributed by atoms with Crippen LogP contribution in [0.1, 0.15) is 0 Å². The van der Waals surface area contributed by atoms with Crippen LogP contribution < -0.4 is 11.1 Å². The summed E-state index contributed by atoms with van der Waals surface area (Å²) < 4.78 is 3.39. The molecule has 0 atom stereocenters. The van der Waals surface area contributed by atoms with Gasteiger partial charge in [-0.3, -0.25) is 9.59 Å². The van der Waals surface area contributed by atoms with Gasteiger partial charge in [0.05, 0.1) is 22.2 Å². The lowest BCUT2D eigenvalue weighted by molar-refractivity contribution is 0.867. The number of nitrogens with zero attached hydrogens (tertiary/aromatic N) is 2. The summed E-state index contributed by atoms with van der Waals surface area (Å²) in [6, 6.07) is 39.4. The molecular weight excluding hydrogens is 468 g/mol. The number of aromatic nitrogens is 2. The minimum atomic E-state index is -0.202. The quantitative estimate of drug-likeness (QED) is 0.267. The van der Waals surface area contributed by atoms with Crippen LogP contribution in [0, 0.1) is 0 Å². The molecule has 0 spiro atoms. The van der Waals surface area contributed by atoms with E-state index in [-0.39, 0.29) is 11.1 Å². The first-order chi connectivity index (χ1) is 18.6. The van der Waals surface area contributed by atoms with Crippen LogP contribution in [0.2, 0.25) is 0 Å². The molecule has 0 unspecified atom stereocenters. The third-order valence-electron chi connectivity index (χ3n) is 7.15. The molecule has 0 saturated heterocycles. The Labute approximate surface area is 220 Å². The van der Waals surface area contributed by atoms with Crippen LogP contribution in [-0.2, 0) is 14.1 Å². The number of pyridine rings is 2. The average molecular weight is 495 g/mol. The van der Waals surface area contributed by atoms with Crippen molar-refractivity contribution in [3.05, 3.63) is 142 Å². The number of hydrogen-bond donors (Lipinski definition) is 0. The van der Waals surface area contributed by atoms with E-state index in [0.717, 1.165) is 44.8 Å². The van der Waals surface area contributed by atoms with Crippen molar-refractivity contribution in [3.8, 4) is 44.8 Å². The SMILES string of the molecule is Cn1c(-c2ccccc2)c(-c2ccccc2)c2c(=O)n(C)c(-c3ccccc3)c(-c3ccccc3)c2c1=O. The Kier molecular flexibility index (Phi) is 5.85. The lowest BCUT2D eigenvalue weighted by Crippen LogP contribution is -2.28. The molecule has 4 heteroatoms. The van der Waals surface area contributed by atoms with Gasteiger partial charge in [0.1, 0.15) is 0 Å².